The number of nitrogens with one attached hydrogen (secondary N) is 1. The lowest BCUT2D eigenvalue weighted by atomic mass is 9.87. The maximum absolute atomic E-state index is 5.48. The number of fused-ring (bicyclic) bond motifs is 1. The van der Waals surface area contributed by atoms with Gasteiger partial charge in [0, 0.05) is 10.9 Å². The average Bonchev–Trinajstić information content (AvgIpc) is 2.39. The minimum Gasteiger partial charge on any atom is -0.496 e. The van der Waals surface area contributed by atoms with Crippen molar-refractivity contribution in [3.05, 3.63) is 23.3 Å². The highest BCUT2D eigenvalue weighted by molar-refractivity contribution is 7.99. The zero-order valence-corrected chi connectivity index (χ0v) is 11.7. The summed E-state index contributed by atoms with van der Waals surface area (Å²) in [5, 5.41) is 3.40. The standard InChI is InChI=1S/C14H21NOS/c1-4-17-14-8-7-13(16-3)11-6-5-10(15-2)9-12(11)14/h7-8,10,15H,4-6,9H2,1-3H3. The van der Waals surface area contributed by atoms with Crippen LogP contribution in [-0.2, 0) is 12.8 Å². The topological polar surface area (TPSA) is 21.3 Å². The second kappa shape index (κ2) is 5.78. The minimum atomic E-state index is 0.616. The predicted molar refractivity (Wildman–Crippen MR) is 74.3 cm³/mol. The van der Waals surface area contributed by atoms with E-state index in [1.807, 2.05) is 11.8 Å². The fourth-order valence-electron chi connectivity index (χ4n) is 2.54. The highest BCUT2D eigenvalue weighted by atomic mass is 32.2. The van der Waals surface area contributed by atoms with E-state index in [1.54, 1.807) is 7.11 Å². The Hall–Kier alpha value is -0.670. The molecule has 0 aliphatic heterocycles. The summed E-state index contributed by atoms with van der Waals surface area (Å²) in [5.41, 5.74) is 2.93. The molecular weight excluding hydrogens is 230 g/mol. The summed E-state index contributed by atoms with van der Waals surface area (Å²) in [5.74, 6) is 2.19. The molecular formula is C14H21NOS. The number of likely N-dealkylation sites (N-methyl/N-ethyl adjacent to an activating group) is 1. The van der Waals surface area contributed by atoms with Crippen LogP contribution in [0.3, 0.4) is 0 Å². The Kier molecular flexibility index (Phi) is 4.35. The van der Waals surface area contributed by atoms with Gasteiger partial charge in [-0.3, -0.25) is 0 Å². The Labute approximate surface area is 108 Å². The van der Waals surface area contributed by atoms with Crippen LogP contribution in [0.15, 0.2) is 17.0 Å². The van der Waals surface area contributed by atoms with E-state index in [9.17, 15) is 0 Å². The van der Waals surface area contributed by atoms with Crippen molar-refractivity contribution in [3.63, 3.8) is 0 Å². The van der Waals surface area contributed by atoms with Crippen molar-refractivity contribution in [2.45, 2.75) is 37.1 Å². The quantitative estimate of drug-likeness (QED) is 0.831. The van der Waals surface area contributed by atoms with Crippen LogP contribution in [0, 0.1) is 0 Å². The maximum atomic E-state index is 5.48. The first kappa shape index (κ1) is 12.8. The third kappa shape index (κ3) is 2.61. The Morgan fingerprint density at radius 3 is 2.88 bits per heavy atom. The number of hydrogen-bond donors (Lipinski definition) is 1. The van der Waals surface area contributed by atoms with Crippen molar-refractivity contribution in [1.82, 2.24) is 5.32 Å². The lowest BCUT2D eigenvalue weighted by molar-refractivity contribution is 0.399. The summed E-state index contributed by atoms with van der Waals surface area (Å²) in [4.78, 5) is 1.43. The van der Waals surface area contributed by atoms with Gasteiger partial charge in [0.1, 0.15) is 5.75 Å². The Balaban J connectivity index is 2.38. The molecule has 1 unspecified atom stereocenters. The van der Waals surface area contributed by atoms with Gasteiger partial charge in [0.25, 0.3) is 0 Å². The molecule has 0 heterocycles. The lowest BCUT2D eigenvalue weighted by Gasteiger charge is -2.27. The van der Waals surface area contributed by atoms with E-state index in [-0.39, 0.29) is 0 Å². The largest absolute Gasteiger partial charge is 0.496 e. The van der Waals surface area contributed by atoms with E-state index >= 15 is 0 Å². The van der Waals surface area contributed by atoms with Crippen LogP contribution in [0.25, 0.3) is 0 Å². The molecule has 0 saturated heterocycles. The summed E-state index contributed by atoms with van der Waals surface area (Å²) in [6, 6.07) is 4.95. The number of rotatable bonds is 4. The zero-order chi connectivity index (χ0) is 12.3. The van der Waals surface area contributed by atoms with Crippen LogP contribution < -0.4 is 10.1 Å². The molecule has 1 N–H and O–H groups in total. The van der Waals surface area contributed by atoms with Crippen molar-refractivity contribution in [2.24, 2.45) is 0 Å². The zero-order valence-electron chi connectivity index (χ0n) is 10.9. The van der Waals surface area contributed by atoms with Crippen molar-refractivity contribution >= 4 is 11.8 Å². The summed E-state index contributed by atoms with van der Waals surface area (Å²) in [6.45, 7) is 2.21. The summed E-state index contributed by atoms with van der Waals surface area (Å²) in [7, 11) is 3.83. The molecule has 0 fully saturated rings. The molecule has 17 heavy (non-hydrogen) atoms. The maximum Gasteiger partial charge on any atom is 0.122 e. The van der Waals surface area contributed by atoms with Crippen LogP contribution in [-0.4, -0.2) is 26.0 Å². The second-order valence-electron chi connectivity index (χ2n) is 4.38. The van der Waals surface area contributed by atoms with Gasteiger partial charge in [0.2, 0.25) is 0 Å². The predicted octanol–water partition coefficient (Wildman–Crippen LogP) is 2.88. The van der Waals surface area contributed by atoms with Gasteiger partial charge >= 0.3 is 0 Å². The smallest absolute Gasteiger partial charge is 0.122 e. The number of ether oxygens (including phenoxy) is 1. The fourth-order valence-corrected chi connectivity index (χ4v) is 3.40. The van der Waals surface area contributed by atoms with Crippen molar-refractivity contribution in [2.75, 3.05) is 19.9 Å². The molecule has 0 bridgehead atoms. The van der Waals surface area contributed by atoms with Gasteiger partial charge in [-0.25, -0.2) is 0 Å². The van der Waals surface area contributed by atoms with E-state index in [0.29, 0.717) is 6.04 Å². The SMILES string of the molecule is CCSc1ccc(OC)c2c1CC(NC)CC2. The van der Waals surface area contributed by atoms with E-state index in [0.717, 1.165) is 24.3 Å². The molecule has 2 rings (SSSR count). The summed E-state index contributed by atoms with van der Waals surface area (Å²) in [6.07, 6.45) is 3.47. The number of hydrogen-bond acceptors (Lipinski definition) is 3. The van der Waals surface area contributed by atoms with E-state index in [1.165, 1.54) is 22.4 Å². The van der Waals surface area contributed by atoms with E-state index < -0.39 is 0 Å². The van der Waals surface area contributed by atoms with Gasteiger partial charge in [-0.2, -0.15) is 0 Å². The third-order valence-corrected chi connectivity index (χ3v) is 4.45. The Bertz CT molecular complexity index is 392. The lowest BCUT2D eigenvalue weighted by Crippen LogP contribution is -2.32. The van der Waals surface area contributed by atoms with E-state index in [4.69, 9.17) is 4.74 Å². The molecule has 1 atom stereocenters. The molecule has 0 amide bonds. The molecule has 1 aromatic carbocycles. The van der Waals surface area contributed by atoms with Crippen LogP contribution in [0.2, 0.25) is 0 Å². The van der Waals surface area contributed by atoms with Gasteiger partial charge in [-0.1, -0.05) is 6.92 Å². The molecule has 0 spiro atoms. The van der Waals surface area contributed by atoms with Crippen LogP contribution in [0.4, 0.5) is 0 Å². The molecule has 94 valence electrons. The first-order valence-electron chi connectivity index (χ1n) is 6.29. The van der Waals surface area contributed by atoms with E-state index in [2.05, 4.69) is 31.4 Å². The Morgan fingerprint density at radius 1 is 1.41 bits per heavy atom. The first-order chi connectivity index (χ1) is 8.30. The van der Waals surface area contributed by atoms with Gasteiger partial charge in [-0.15, -0.1) is 11.8 Å². The van der Waals surface area contributed by atoms with Gasteiger partial charge in [-0.05, 0) is 55.3 Å². The number of methoxy groups -OCH3 is 1. The third-order valence-electron chi connectivity index (χ3n) is 3.47. The summed E-state index contributed by atoms with van der Waals surface area (Å²) >= 11 is 1.94. The number of benzene rings is 1. The van der Waals surface area contributed by atoms with Gasteiger partial charge in [0.15, 0.2) is 0 Å². The van der Waals surface area contributed by atoms with Crippen molar-refractivity contribution in [1.29, 1.82) is 0 Å². The molecule has 0 aromatic heterocycles. The minimum absolute atomic E-state index is 0.616. The molecule has 1 aliphatic carbocycles. The monoisotopic (exact) mass is 251 g/mol. The molecule has 1 aliphatic rings. The molecule has 1 aromatic rings. The molecule has 2 nitrogen and oxygen atoms in total. The van der Waals surface area contributed by atoms with Crippen LogP contribution in [0.1, 0.15) is 24.5 Å². The number of thioether (sulfide) groups is 1. The fraction of sp³-hybridized carbons (Fsp3) is 0.571. The molecule has 0 saturated carbocycles. The van der Waals surface area contributed by atoms with Crippen molar-refractivity contribution in [3.8, 4) is 5.75 Å². The van der Waals surface area contributed by atoms with Crippen molar-refractivity contribution < 1.29 is 4.74 Å². The van der Waals surface area contributed by atoms with Crippen LogP contribution >= 0.6 is 11.8 Å². The van der Waals surface area contributed by atoms with Crippen LogP contribution in [0.5, 0.6) is 5.75 Å². The second-order valence-corrected chi connectivity index (χ2v) is 5.69. The normalized spacial score (nSPS) is 18.9. The van der Waals surface area contributed by atoms with Gasteiger partial charge in [0.05, 0.1) is 7.11 Å². The molecule has 0 radical (unpaired) electrons. The highest BCUT2D eigenvalue weighted by Gasteiger charge is 2.22. The first-order valence-corrected chi connectivity index (χ1v) is 7.27. The highest BCUT2D eigenvalue weighted by Crippen LogP contribution is 2.36. The summed E-state index contributed by atoms with van der Waals surface area (Å²) < 4.78 is 5.48. The van der Waals surface area contributed by atoms with Gasteiger partial charge < -0.3 is 10.1 Å². The average molecular weight is 251 g/mol. The Morgan fingerprint density at radius 2 is 2.24 bits per heavy atom. The molecule has 3 heteroatoms.